The van der Waals surface area contributed by atoms with E-state index in [9.17, 15) is 8.99 Å². The van der Waals surface area contributed by atoms with Gasteiger partial charge in [-0.25, -0.2) is 0 Å². The normalized spacial score (nSPS) is 12.1. The Balaban J connectivity index is 2.65. The molecule has 6 heteroatoms. The van der Waals surface area contributed by atoms with Crippen LogP contribution < -0.4 is 11.5 Å². The molecule has 1 atom stereocenters. The summed E-state index contributed by atoms with van der Waals surface area (Å²) in [7, 11) is 0. The molecule has 4 nitrogen and oxygen atoms in total. The van der Waals surface area contributed by atoms with E-state index in [4.69, 9.17) is 11.5 Å². The van der Waals surface area contributed by atoms with Gasteiger partial charge in [-0.15, -0.1) is 0 Å². The van der Waals surface area contributed by atoms with Crippen LogP contribution in [0.2, 0.25) is 0 Å². The van der Waals surface area contributed by atoms with E-state index in [2.05, 4.69) is 4.99 Å². The Morgan fingerprint density at radius 2 is 2.00 bits per heavy atom. The van der Waals surface area contributed by atoms with Crippen molar-refractivity contribution in [3.05, 3.63) is 29.8 Å². The Morgan fingerprint density at radius 1 is 1.40 bits per heavy atom. The molecule has 0 saturated heterocycles. The van der Waals surface area contributed by atoms with E-state index in [0.29, 0.717) is 10.5 Å². The van der Waals surface area contributed by atoms with Crippen LogP contribution in [-0.4, -0.2) is 17.6 Å². The van der Waals surface area contributed by atoms with Crippen molar-refractivity contribution >= 4 is 18.1 Å². The maximum atomic E-state index is 12.1. The minimum absolute atomic E-state index is 0.0648. The van der Waals surface area contributed by atoms with Gasteiger partial charge in [0.2, 0.25) is 0 Å². The first kappa shape index (κ1) is 11.8. The topological polar surface area (TPSA) is 84.6 Å². The summed E-state index contributed by atoms with van der Waals surface area (Å²) in [6, 6.07) is 6.43. The number of hydrogen-bond donors (Lipinski definition) is 3. The van der Waals surface area contributed by atoms with Crippen molar-refractivity contribution in [3.8, 4) is 0 Å². The van der Waals surface area contributed by atoms with Gasteiger partial charge in [0.1, 0.15) is 0 Å². The number of aliphatic hydroxyl groups excluding tert-OH is 1. The molecule has 82 valence electrons. The van der Waals surface area contributed by atoms with Gasteiger partial charge in [0.25, 0.3) is 0 Å². The molecule has 0 aromatic heterocycles. The van der Waals surface area contributed by atoms with Crippen molar-refractivity contribution in [2.24, 2.45) is 16.5 Å². The minimum atomic E-state index is -0.772. The van der Waals surface area contributed by atoms with E-state index in [1.54, 1.807) is 24.3 Å². The van der Waals surface area contributed by atoms with Gasteiger partial charge in [-0.1, -0.05) is 12.1 Å². The molecule has 0 radical (unpaired) electrons. The van der Waals surface area contributed by atoms with Crippen LogP contribution in [0, 0.1) is 0 Å². The highest BCUT2D eigenvalue weighted by Gasteiger charge is 2.06. The third kappa shape index (κ3) is 3.77. The second-order valence-corrected chi connectivity index (χ2v) is 3.55. The van der Waals surface area contributed by atoms with E-state index in [-0.39, 0.29) is 24.7 Å². The van der Waals surface area contributed by atoms with Crippen LogP contribution >= 0.6 is 12.1 Å². The molecule has 1 rings (SSSR count). The molecular formula is C9H12FN3OS. The van der Waals surface area contributed by atoms with Crippen molar-refractivity contribution in [3.63, 3.8) is 0 Å². The van der Waals surface area contributed by atoms with Gasteiger partial charge in [-0.2, -0.15) is 3.89 Å². The SMILES string of the molecule is NC(N)=NCC(O)c1ccc(SF)cc1. The zero-order chi connectivity index (χ0) is 11.3. The second kappa shape index (κ2) is 5.57. The van der Waals surface area contributed by atoms with E-state index >= 15 is 0 Å². The Kier molecular flexibility index (Phi) is 4.38. The van der Waals surface area contributed by atoms with Gasteiger partial charge in [0.15, 0.2) is 5.96 Å². The minimum Gasteiger partial charge on any atom is -0.386 e. The summed E-state index contributed by atoms with van der Waals surface area (Å²) in [6.45, 7) is 0.102. The maximum absolute atomic E-state index is 12.1. The molecule has 5 N–H and O–H groups in total. The molecule has 1 aromatic rings. The Hall–Kier alpha value is -1.27. The first-order valence-electron chi connectivity index (χ1n) is 4.25. The van der Waals surface area contributed by atoms with Crippen LogP contribution in [0.1, 0.15) is 11.7 Å². The summed E-state index contributed by atoms with van der Waals surface area (Å²) in [5.41, 5.74) is 10.9. The van der Waals surface area contributed by atoms with Crippen LogP contribution in [0.3, 0.4) is 0 Å². The molecule has 1 unspecified atom stereocenters. The molecule has 0 bridgehead atoms. The number of guanidine groups is 1. The zero-order valence-electron chi connectivity index (χ0n) is 7.93. The van der Waals surface area contributed by atoms with Crippen LogP contribution in [-0.2, 0) is 0 Å². The molecule has 0 heterocycles. The predicted molar refractivity (Wildman–Crippen MR) is 59.0 cm³/mol. The fourth-order valence-electron chi connectivity index (χ4n) is 1.04. The Bertz CT molecular complexity index is 338. The summed E-state index contributed by atoms with van der Waals surface area (Å²) >= 11 is 0.158. The van der Waals surface area contributed by atoms with Crippen LogP contribution in [0.25, 0.3) is 0 Å². The monoisotopic (exact) mass is 229 g/mol. The molecular weight excluding hydrogens is 217 g/mol. The Morgan fingerprint density at radius 3 is 2.47 bits per heavy atom. The number of aliphatic imine (C=N–C) groups is 1. The molecule has 0 fully saturated rings. The van der Waals surface area contributed by atoms with Gasteiger partial charge in [-0.05, 0) is 17.7 Å². The second-order valence-electron chi connectivity index (χ2n) is 2.93. The lowest BCUT2D eigenvalue weighted by atomic mass is 10.1. The molecule has 1 aromatic carbocycles. The fourth-order valence-corrected chi connectivity index (χ4v) is 1.28. The number of halogens is 1. The van der Waals surface area contributed by atoms with Gasteiger partial charge >= 0.3 is 0 Å². The van der Waals surface area contributed by atoms with Gasteiger partial charge in [0.05, 0.1) is 24.8 Å². The van der Waals surface area contributed by atoms with Crippen LogP contribution in [0.4, 0.5) is 3.89 Å². The van der Waals surface area contributed by atoms with E-state index < -0.39 is 6.10 Å². The Labute approximate surface area is 91.5 Å². The number of hydrogen-bond acceptors (Lipinski definition) is 3. The van der Waals surface area contributed by atoms with Crippen molar-refractivity contribution in [2.75, 3.05) is 6.54 Å². The maximum Gasteiger partial charge on any atom is 0.186 e. The third-order valence-electron chi connectivity index (χ3n) is 1.80. The lowest BCUT2D eigenvalue weighted by Gasteiger charge is -2.08. The van der Waals surface area contributed by atoms with Gasteiger partial charge in [0, 0.05) is 4.90 Å². The van der Waals surface area contributed by atoms with Gasteiger partial charge < -0.3 is 16.6 Å². The lowest BCUT2D eigenvalue weighted by Crippen LogP contribution is -2.23. The quantitative estimate of drug-likeness (QED) is 0.530. The molecule has 0 aliphatic carbocycles. The first-order valence-corrected chi connectivity index (χ1v) is 4.97. The molecule has 0 spiro atoms. The summed E-state index contributed by atoms with van der Waals surface area (Å²) in [6.07, 6.45) is -0.772. The molecule has 15 heavy (non-hydrogen) atoms. The average Bonchev–Trinajstić information content (AvgIpc) is 2.26. The largest absolute Gasteiger partial charge is 0.386 e. The number of benzene rings is 1. The number of nitrogens with zero attached hydrogens (tertiary/aromatic N) is 1. The third-order valence-corrected chi connectivity index (χ3v) is 2.25. The van der Waals surface area contributed by atoms with E-state index in [1.165, 1.54) is 0 Å². The van der Waals surface area contributed by atoms with Crippen molar-refractivity contribution < 1.29 is 8.99 Å². The lowest BCUT2D eigenvalue weighted by molar-refractivity contribution is 0.187. The highest BCUT2D eigenvalue weighted by atomic mass is 32.2. The van der Waals surface area contributed by atoms with Crippen molar-refractivity contribution in [2.45, 2.75) is 11.0 Å². The molecule has 0 aliphatic heterocycles. The number of nitrogens with two attached hydrogens (primary N) is 2. The van der Waals surface area contributed by atoms with Crippen LogP contribution in [0.15, 0.2) is 34.2 Å². The smallest absolute Gasteiger partial charge is 0.186 e. The number of aliphatic hydroxyl groups is 1. The highest BCUT2D eigenvalue weighted by molar-refractivity contribution is 7.94. The van der Waals surface area contributed by atoms with Crippen LogP contribution in [0.5, 0.6) is 0 Å². The summed E-state index contributed by atoms with van der Waals surface area (Å²) < 4.78 is 12.1. The van der Waals surface area contributed by atoms with Gasteiger partial charge in [-0.3, -0.25) is 4.99 Å². The fraction of sp³-hybridized carbons (Fsp3) is 0.222. The number of rotatable bonds is 4. The first-order chi connectivity index (χ1) is 7.13. The summed E-state index contributed by atoms with van der Waals surface area (Å²) in [5.74, 6) is -0.0648. The average molecular weight is 229 g/mol. The summed E-state index contributed by atoms with van der Waals surface area (Å²) in [4.78, 5) is 4.18. The zero-order valence-corrected chi connectivity index (χ0v) is 8.75. The molecule has 0 aliphatic rings. The summed E-state index contributed by atoms with van der Waals surface area (Å²) in [5, 5.41) is 9.61. The van der Waals surface area contributed by atoms with E-state index in [1.807, 2.05) is 0 Å². The molecule has 0 saturated carbocycles. The standard InChI is InChI=1S/C9H12FN3OS/c10-15-7-3-1-6(2-4-7)8(14)5-13-9(11)12/h1-4,8,14H,5H2,(H4,11,12,13). The predicted octanol–water partition coefficient (Wildman–Crippen LogP) is 0.970. The molecule has 0 amide bonds. The van der Waals surface area contributed by atoms with E-state index in [0.717, 1.165) is 0 Å². The van der Waals surface area contributed by atoms with Crippen molar-refractivity contribution in [1.29, 1.82) is 0 Å². The highest BCUT2D eigenvalue weighted by Crippen LogP contribution is 2.21. The van der Waals surface area contributed by atoms with Crippen molar-refractivity contribution in [1.82, 2.24) is 0 Å².